The molecule has 12 nitrogen and oxygen atoms in total. The number of H-pyrrole nitrogens is 1. The lowest BCUT2D eigenvalue weighted by Crippen LogP contribution is -2.57. The van der Waals surface area contributed by atoms with Crippen molar-refractivity contribution < 1.29 is 9.90 Å². The first kappa shape index (κ1) is 30.9. The maximum atomic E-state index is 11.5. The van der Waals surface area contributed by atoms with E-state index >= 15 is 0 Å². The summed E-state index contributed by atoms with van der Waals surface area (Å²) in [5.41, 5.74) is 9.72. The molecule has 2 aromatic heterocycles. The van der Waals surface area contributed by atoms with Gasteiger partial charge in [0.1, 0.15) is 5.82 Å². The molecule has 6 aliphatic rings. The van der Waals surface area contributed by atoms with Crippen LogP contribution in [-0.4, -0.2) is 92.6 Å². The number of carbonyl (C=O) groups is 1. The van der Waals surface area contributed by atoms with Crippen molar-refractivity contribution in [2.45, 2.75) is 70.9 Å². The van der Waals surface area contributed by atoms with Crippen molar-refractivity contribution in [3.8, 4) is 0 Å². The van der Waals surface area contributed by atoms with Gasteiger partial charge in [-0.3, -0.25) is 9.80 Å². The van der Waals surface area contributed by atoms with Crippen LogP contribution in [0.2, 0.25) is 0 Å². The molecule has 9 rings (SSSR count). The van der Waals surface area contributed by atoms with Gasteiger partial charge in [0.15, 0.2) is 5.82 Å². The number of benzene rings is 1. The van der Waals surface area contributed by atoms with Crippen LogP contribution in [0.5, 0.6) is 0 Å². The Labute approximate surface area is 271 Å². The van der Waals surface area contributed by atoms with Crippen molar-refractivity contribution in [1.82, 2.24) is 30.5 Å². The Kier molecular flexibility index (Phi) is 8.12. The van der Waals surface area contributed by atoms with Gasteiger partial charge in [0, 0.05) is 57.3 Å². The first-order valence-corrected chi connectivity index (χ1v) is 16.9. The van der Waals surface area contributed by atoms with Gasteiger partial charge in [-0.25, -0.2) is 9.78 Å². The molecule has 2 unspecified atom stereocenters. The zero-order chi connectivity index (χ0) is 32.1. The second kappa shape index (κ2) is 12.1. The van der Waals surface area contributed by atoms with E-state index in [0.29, 0.717) is 30.2 Å². The maximum Gasteiger partial charge on any atom is 0.411 e. The van der Waals surface area contributed by atoms with Gasteiger partial charge in [0.25, 0.3) is 0 Å². The van der Waals surface area contributed by atoms with Gasteiger partial charge in [0.05, 0.1) is 23.3 Å². The number of aromatic nitrogens is 5. The van der Waals surface area contributed by atoms with Gasteiger partial charge in [-0.05, 0) is 100 Å². The molecule has 3 aromatic rings. The third-order valence-corrected chi connectivity index (χ3v) is 11.2. The van der Waals surface area contributed by atoms with Crippen molar-refractivity contribution in [3.05, 3.63) is 48.4 Å². The van der Waals surface area contributed by atoms with E-state index in [1.807, 2.05) is 36.5 Å². The average Bonchev–Trinajstić information content (AvgIpc) is 3.55. The summed E-state index contributed by atoms with van der Waals surface area (Å²) >= 11 is 0. The minimum Gasteiger partial charge on any atom is -0.465 e. The quantitative estimate of drug-likeness (QED) is 0.377. The molecule has 2 aliphatic heterocycles. The molecule has 5 fully saturated rings. The number of para-hydroxylation sites is 2. The Morgan fingerprint density at radius 2 is 1.70 bits per heavy atom. The third-order valence-electron chi connectivity index (χ3n) is 11.2. The van der Waals surface area contributed by atoms with Gasteiger partial charge in [-0.2, -0.15) is 5.21 Å². The van der Waals surface area contributed by atoms with E-state index in [-0.39, 0.29) is 5.54 Å². The lowest BCUT2D eigenvalue weighted by molar-refractivity contribution is -0.0672. The van der Waals surface area contributed by atoms with Crippen LogP contribution in [0.1, 0.15) is 58.7 Å². The van der Waals surface area contributed by atoms with Crippen molar-refractivity contribution in [2.75, 3.05) is 54.0 Å². The van der Waals surface area contributed by atoms with Gasteiger partial charge in [0.2, 0.25) is 0 Å². The Balaban J connectivity index is 0.000000167. The molecule has 4 saturated carbocycles. The number of hydrogen-bond acceptors (Lipinski definition) is 9. The lowest BCUT2D eigenvalue weighted by atomic mass is 9.47. The summed E-state index contributed by atoms with van der Waals surface area (Å²) < 4.78 is 0. The van der Waals surface area contributed by atoms with E-state index < -0.39 is 6.09 Å². The van der Waals surface area contributed by atoms with Crippen LogP contribution in [0.25, 0.3) is 0 Å². The summed E-state index contributed by atoms with van der Waals surface area (Å²) in [5.74, 6) is 4.17. The molecule has 246 valence electrons. The molecule has 4 bridgehead atoms. The second-order valence-corrected chi connectivity index (χ2v) is 15.1. The molecule has 1 amide bonds. The number of fused-ring (bicyclic) bond motifs is 1. The minimum atomic E-state index is -0.921. The van der Waals surface area contributed by atoms with Crippen LogP contribution in [0, 0.1) is 23.2 Å². The Morgan fingerprint density at radius 1 is 0.978 bits per heavy atom. The van der Waals surface area contributed by atoms with Crippen LogP contribution >= 0.6 is 0 Å². The molecule has 0 spiro atoms. The zero-order valence-electron chi connectivity index (χ0n) is 27.3. The van der Waals surface area contributed by atoms with Crippen molar-refractivity contribution in [3.63, 3.8) is 0 Å². The highest BCUT2D eigenvalue weighted by atomic mass is 16.4. The number of nitrogens with zero attached hydrogens (tertiary/aromatic N) is 8. The number of aromatic amines is 1. The SMILES string of the molecule is CC(C)(C)N1CCN(c2ccc(N3CCN(C(=O)O)c4ccccc43)nc2)CC1.NC1C2CC3CC1CC(Cc1nn[nH]n1)(C3)C2. The van der Waals surface area contributed by atoms with Gasteiger partial charge < -0.3 is 20.6 Å². The number of nitrogens with one attached hydrogen (secondary N) is 1. The number of amides is 1. The highest BCUT2D eigenvalue weighted by Gasteiger charge is 2.54. The Hall–Kier alpha value is -3.77. The predicted octanol–water partition coefficient (Wildman–Crippen LogP) is 4.53. The molecule has 0 radical (unpaired) electrons. The number of tetrazole rings is 1. The monoisotopic (exact) mass is 628 g/mol. The van der Waals surface area contributed by atoms with Crippen molar-refractivity contribution in [1.29, 1.82) is 0 Å². The van der Waals surface area contributed by atoms with Crippen LogP contribution < -0.4 is 20.4 Å². The number of carboxylic acid groups (broad SMARTS) is 1. The summed E-state index contributed by atoms with van der Waals surface area (Å²) in [6.07, 6.45) is 8.69. The normalized spacial score (nSPS) is 28.9. The number of pyridine rings is 1. The number of hydrogen-bond donors (Lipinski definition) is 3. The van der Waals surface area contributed by atoms with E-state index in [1.165, 1.54) is 37.0 Å². The summed E-state index contributed by atoms with van der Waals surface area (Å²) in [4.78, 5) is 24.7. The molecule has 4 N–H and O–H groups in total. The highest BCUT2D eigenvalue weighted by molar-refractivity contribution is 5.93. The highest BCUT2D eigenvalue weighted by Crippen LogP contribution is 2.60. The second-order valence-electron chi connectivity index (χ2n) is 15.1. The average molecular weight is 629 g/mol. The maximum absolute atomic E-state index is 11.5. The fraction of sp³-hybridized carbons (Fsp3) is 0.618. The molecule has 46 heavy (non-hydrogen) atoms. The van der Waals surface area contributed by atoms with E-state index in [2.05, 4.69) is 62.2 Å². The molecule has 4 aliphatic carbocycles. The standard InChI is InChI=1S/C22H29N5O2.C12H19N5/c1-22(2,3)25-12-10-24(11-13-25)17-8-9-20(23-16-17)26-14-15-27(21(28)29)19-7-5-4-6-18(19)26;13-11-8-1-7-2-9(11)5-12(3-7,4-8)6-10-14-16-17-15-10/h4-9,16H,10-15H2,1-3H3,(H,28,29);7-9,11H,1-6,13H2,(H,14,15,16,17). The smallest absolute Gasteiger partial charge is 0.411 e. The van der Waals surface area contributed by atoms with E-state index in [9.17, 15) is 9.90 Å². The van der Waals surface area contributed by atoms with Gasteiger partial charge in [-0.1, -0.05) is 17.3 Å². The molecule has 12 heteroatoms. The van der Waals surface area contributed by atoms with E-state index in [1.54, 1.807) is 0 Å². The largest absolute Gasteiger partial charge is 0.465 e. The summed E-state index contributed by atoms with van der Waals surface area (Å²) in [5, 5.41) is 24.0. The first-order valence-electron chi connectivity index (χ1n) is 16.9. The van der Waals surface area contributed by atoms with Crippen molar-refractivity contribution >= 4 is 29.0 Å². The topological polar surface area (TPSA) is 144 Å². The molecule has 1 saturated heterocycles. The first-order chi connectivity index (χ1) is 22.1. The van der Waals surface area contributed by atoms with Crippen LogP contribution in [-0.2, 0) is 6.42 Å². The molecular formula is C34H48N10O2. The fourth-order valence-corrected chi connectivity index (χ4v) is 9.20. The van der Waals surface area contributed by atoms with E-state index in [4.69, 9.17) is 10.7 Å². The Morgan fingerprint density at radius 3 is 2.30 bits per heavy atom. The minimum absolute atomic E-state index is 0.208. The van der Waals surface area contributed by atoms with Gasteiger partial charge in [-0.15, -0.1) is 10.2 Å². The summed E-state index contributed by atoms with van der Waals surface area (Å²) in [7, 11) is 0. The lowest BCUT2D eigenvalue weighted by Gasteiger charge is -2.59. The van der Waals surface area contributed by atoms with Gasteiger partial charge >= 0.3 is 6.09 Å². The molecule has 1 aromatic carbocycles. The number of piperazine rings is 1. The molecule has 2 atom stereocenters. The number of rotatable bonds is 4. The van der Waals surface area contributed by atoms with Crippen LogP contribution in [0.3, 0.4) is 0 Å². The number of nitrogens with two attached hydrogens (primary N) is 1. The summed E-state index contributed by atoms with van der Waals surface area (Å²) in [6, 6.07) is 12.2. The molecular weight excluding hydrogens is 580 g/mol. The fourth-order valence-electron chi connectivity index (χ4n) is 9.20. The molecule has 4 heterocycles. The summed E-state index contributed by atoms with van der Waals surface area (Å²) in [6.45, 7) is 11.9. The predicted molar refractivity (Wildman–Crippen MR) is 178 cm³/mol. The van der Waals surface area contributed by atoms with Crippen LogP contribution in [0.4, 0.5) is 27.7 Å². The van der Waals surface area contributed by atoms with E-state index in [0.717, 1.165) is 73.4 Å². The zero-order valence-corrected chi connectivity index (χ0v) is 27.3. The van der Waals surface area contributed by atoms with Crippen LogP contribution in [0.15, 0.2) is 42.6 Å². The van der Waals surface area contributed by atoms with Crippen molar-refractivity contribution in [2.24, 2.45) is 28.9 Å². The third kappa shape index (κ3) is 6.04. The number of anilines is 4. The Bertz CT molecular complexity index is 1480.